The molecule has 0 bridgehead atoms. The molecule has 0 saturated heterocycles. The first-order valence-electron chi connectivity index (χ1n) is 4.79. The molecule has 0 radical (unpaired) electrons. The van der Waals surface area contributed by atoms with Crippen molar-refractivity contribution in [3.8, 4) is 0 Å². The lowest BCUT2D eigenvalue weighted by Gasteiger charge is -2.30. The van der Waals surface area contributed by atoms with Crippen molar-refractivity contribution in [1.29, 1.82) is 0 Å². The Bertz CT molecular complexity index is 236. The minimum atomic E-state index is -1.36. The Kier molecular flexibility index (Phi) is 5.14. The Balaban J connectivity index is 4.79. The monoisotopic (exact) mass is 234 g/mol. The third-order valence-corrected chi connectivity index (χ3v) is 3.08. The summed E-state index contributed by atoms with van der Waals surface area (Å²) >= 11 is 4.10. The van der Waals surface area contributed by atoms with E-state index in [1.807, 2.05) is 6.92 Å². The standard InChI is InChI=1S/C10H18O4S/c1-6(5-15)4-10(2,3)7(8(11)12)9(13)14/h6-7,15H,4-5H2,1-3H3,(H,11,12)(H,13,14). The van der Waals surface area contributed by atoms with Crippen molar-refractivity contribution in [1.82, 2.24) is 0 Å². The zero-order valence-electron chi connectivity index (χ0n) is 9.23. The molecule has 0 saturated carbocycles. The van der Waals surface area contributed by atoms with Crippen LogP contribution < -0.4 is 0 Å². The predicted octanol–water partition coefficient (Wildman–Crippen LogP) is 1.75. The van der Waals surface area contributed by atoms with Crippen LogP contribution in [0.4, 0.5) is 0 Å². The van der Waals surface area contributed by atoms with E-state index in [9.17, 15) is 9.59 Å². The fraction of sp³-hybridized carbons (Fsp3) is 0.800. The summed E-state index contributed by atoms with van der Waals surface area (Å²) in [6, 6.07) is 0. The van der Waals surface area contributed by atoms with Crippen molar-refractivity contribution < 1.29 is 19.8 Å². The van der Waals surface area contributed by atoms with Gasteiger partial charge in [0.2, 0.25) is 0 Å². The van der Waals surface area contributed by atoms with E-state index in [4.69, 9.17) is 10.2 Å². The van der Waals surface area contributed by atoms with Crippen molar-refractivity contribution in [2.75, 3.05) is 5.75 Å². The number of rotatable bonds is 6. The van der Waals surface area contributed by atoms with Gasteiger partial charge in [-0.25, -0.2) is 0 Å². The summed E-state index contributed by atoms with van der Waals surface area (Å²) < 4.78 is 0. The SMILES string of the molecule is CC(CS)CC(C)(C)C(C(=O)O)C(=O)O. The van der Waals surface area contributed by atoms with E-state index < -0.39 is 23.3 Å². The van der Waals surface area contributed by atoms with E-state index in [1.165, 1.54) is 0 Å². The van der Waals surface area contributed by atoms with Gasteiger partial charge in [0.15, 0.2) is 5.92 Å². The second-order valence-electron chi connectivity index (χ2n) is 4.59. The maximum Gasteiger partial charge on any atom is 0.318 e. The first-order chi connectivity index (χ1) is 6.72. The van der Waals surface area contributed by atoms with E-state index in [-0.39, 0.29) is 5.92 Å². The summed E-state index contributed by atoms with van der Waals surface area (Å²) in [7, 11) is 0. The molecule has 0 aromatic rings. The maximum absolute atomic E-state index is 10.9. The van der Waals surface area contributed by atoms with Crippen LogP contribution in [0, 0.1) is 17.3 Å². The second kappa shape index (κ2) is 5.39. The van der Waals surface area contributed by atoms with E-state index in [0.717, 1.165) is 0 Å². The number of thiol groups is 1. The number of hydrogen-bond acceptors (Lipinski definition) is 3. The highest BCUT2D eigenvalue weighted by atomic mass is 32.1. The van der Waals surface area contributed by atoms with Crippen LogP contribution in [0.5, 0.6) is 0 Å². The van der Waals surface area contributed by atoms with Crippen LogP contribution in [-0.4, -0.2) is 27.9 Å². The molecule has 5 heteroatoms. The molecule has 2 N–H and O–H groups in total. The van der Waals surface area contributed by atoms with Gasteiger partial charge in [0.1, 0.15) is 0 Å². The van der Waals surface area contributed by atoms with Gasteiger partial charge in [0.05, 0.1) is 0 Å². The average molecular weight is 234 g/mol. The van der Waals surface area contributed by atoms with Gasteiger partial charge in [-0.2, -0.15) is 12.6 Å². The molecular weight excluding hydrogens is 216 g/mol. The molecule has 0 fully saturated rings. The summed E-state index contributed by atoms with van der Waals surface area (Å²) in [6.45, 7) is 5.26. The quantitative estimate of drug-likeness (QED) is 0.483. The van der Waals surface area contributed by atoms with Gasteiger partial charge in [0.25, 0.3) is 0 Å². The molecule has 0 heterocycles. The lowest BCUT2D eigenvalue weighted by Crippen LogP contribution is -2.38. The molecular formula is C10H18O4S. The molecule has 0 aromatic carbocycles. The molecule has 1 unspecified atom stereocenters. The van der Waals surface area contributed by atoms with Crippen molar-refractivity contribution in [2.24, 2.45) is 17.3 Å². The fourth-order valence-electron chi connectivity index (χ4n) is 1.85. The molecule has 0 spiro atoms. The molecule has 15 heavy (non-hydrogen) atoms. The van der Waals surface area contributed by atoms with E-state index in [2.05, 4.69) is 12.6 Å². The van der Waals surface area contributed by atoms with Crippen molar-refractivity contribution >= 4 is 24.6 Å². The third kappa shape index (κ3) is 4.11. The molecule has 0 aliphatic carbocycles. The number of carboxylic acids is 2. The second-order valence-corrected chi connectivity index (χ2v) is 4.96. The van der Waals surface area contributed by atoms with Crippen molar-refractivity contribution in [3.05, 3.63) is 0 Å². The Morgan fingerprint density at radius 2 is 1.67 bits per heavy atom. The van der Waals surface area contributed by atoms with Crippen LogP contribution in [0.15, 0.2) is 0 Å². The summed E-state index contributed by atoms with van der Waals surface area (Å²) in [5.74, 6) is -3.10. The van der Waals surface area contributed by atoms with Crippen molar-refractivity contribution in [3.63, 3.8) is 0 Å². The number of carboxylic acid groups (broad SMARTS) is 2. The minimum Gasteiger partial charge on any atom is -0.481 e. The van der Waals surface area contributed by atoms with Crippen molar-refractivity contribution in [2.45, 2.75) is 27.2 Å². The Morgan fingerprint density at radius 3 is 1.93 bits per heavy atom. The van der Waals surface area contributed by atoms with Crippen LogP contribution in [-0.2, 0) is 9.59 Å². The molecule has 0 amide bonds. The lowest BCUT2D eigenvalue weighted by molar-refractivity contribution is -0.160. The van der Waals surface area contributed by atoms with Crippen LogP contribution in [0.1, 0.15) is 27.2 Å². The van der Waals surface area contributed by atoms with Crippen LogP contribution in [0.2, 0.25) is 0 Å². The minimum absolute atomic E-state index is 0.199. The summed E-state index contributed by atoms with van der Waals surface area (Å²) in [5, 5.41) is 17.7. The van der Waals surface area contributed by atoms with Gasteiger partial charge >= 0.3 is 11.9 Å². The maximum atomic E-state index is 10.9. The van der Waals surface area contributed by atoms with Gasteiger partial charge in [0, 0.05) is 0 Å². The van der Waals surface area contributed by atoms with Gasteiger partial charge in [-0.3, -0.25) is 9.59 Å². The molecule has 0 aromatic heterocycles. The van der Waals surface area contributed by atoms with Crippen LogP contribution in [0.3, 0.4) is 0 Å². The number of aliphatic carboxylic acids is 2. The molecule has 4 nitrogen and oxygen atoms in total. The van der Waals surface area contributed by atoms with Gasteiger partial charge < -0.3 is 10.2 Å². The average Bonchev–Trinajstić information content (AvgIpc) is 2.00. The highest BCUT2D eigenvalue weighted by Crippen LogP contribution is 2.34. The number of carbonyl (C=O) groups is 2. The van der Waals surface area contributed by atoms with E-state index >= 15 is 0 Å². The van der Waals surface area contributed by atoms with Crippen LogP contribution >= 0.6 is 12.6 Å². The summed E-state index contributed by atoms with van der Waals surface area (Å²) in [4.78, 5) is 21.7. The predicted molar refractivity (Wildman–Crippen MR) is 60.2 cm³/mol. The van der Waals surface area contributed by atoms with E-state index in [0.29, 0.717) is 12.2 Å². The summed E-state index contributed by atoms with van der Waals surface area (Å²) in [6.07, 6.45) is 0.528. The highest BCUT2D eigenvalue weighted by Gasteiger charge is 2.41. The fourth-order valence-corrected chi connectivity index (χ4v) is 1.98. The Morgan fingerprint density at radius 1 is 1.27 bits per heavy atom. The van der Waals surface area contributed by atoms with Crippen LogP contribution in [0.25, 0.3) is 0 Å². The summed E-state index contributed by atoms with van der Waals surface area (Å²) in [5.41, 5.74) is -0.764. The molecule has 0 aliphatic heterocycles. The smallest absolute Gasteiger partial charge is 0.318 e. The van der Waals surface area contributed by atoms with E-state index in [1.54, 1.807) is 13.8 Å². The zero-order chi connectivity index (χ0) is 12.2. The normalized spacial score (nSPS) is 13.9. The molecule has 88 valence electrons. The molecule has 0 rings (SSSR count). The van der Waals surface area contributed by atoms with Gasteiger partial charge in [-0.05, 0) is 23.5 Å². The molecule has 0 aliphatic rings. The Labute approximate surface area is 95.1 Å². The largest absolute Gasteiger partial charge is 0.481 e. The first kappa shape index (κ1) is 14.3. The topological polar surface area (TPSA) is 74.6 Å². The number of hydrogen-bond donors (Lipinski definition) is 3. The lowest BCUT2D eigenvalue weighted by atomic mass is 9.73. The third-order valence-electron chi connectivity index (χ3n) is 2.46. The van der Waals surface area contributed by atoms with Gasteiger partial charge in [-0.1, -0.05) is 20.8 Å². The zero-order valence-corrected chi connectivity index (χ0v) is 10.1. The highest BCUT2D eigenvalue weighted by molar-refractivity contribution is 7.80. The first-order valence-corrected chi connectivity index (χ1v) is 5.42. The molecule has 1 atom stereocenters. The Hall–Kier alpha value is -0.710. The van der Waals surface area contributed by atoms with Gasteiger partial charge in [-0.15, -0.1) is 0 Å².